The van der Waals surface area contributed by atoms with E-state index in [0.29, 0.717) is 6.54 Å². The van der Waals surface area contributed by atoms with Gasteiger partial charge in [-0.3, -0.25) is 10.1 Å². The Morgan fingerprint density at radius 3 is 2.78 bits per heavy atom. The molecule has 2 aromatic carbocycles. The number of hydrogen-bond acceptors (Lipinski definition) is 4. The molecule has 2 aromatic rings. The van der Waals surface area contributed by atoms with E-state index < -0.39 is 4.92 Å². The Morgan fingerprint density at radius 2 is 2.09 bits per heavy atom. The third-order valence-electron chi connectivity index (χ3n) is 3.97. The molecule has 0 amide bonds. The topological polar surface area (TPSA) is 72.4 Å². The van der Waals surface area contributed by atoms with Crippen molar-refractivity contribution in [3.8, 4) is 0 Å². The van der Waals surface area contributed by atoms with Crippen LogP contribution in [0.25, 0.3) is 0 Å². The van der Waals surface area contributed by atoms with Crippen molar-refractivity contribution in [1.82, 2.24) is 0 Å². The Kier molecular flexibility index (Phi) is 5.34. The molecule has 1 aliphatic rings. The van der Waals surface area contributed by atoms with Gasteiger partial charge in [-0.2, -0.15) is 0 Å². The lowest BCUT2D eigenvalue weighted by atomic mass is 9.99. The van der Waals surface area contributed by atoms with Gasteiger partial charge in [0.1, 0.15) is 5.02 Å². The largest absolute Gasteiger partial charge is 0.398 e. The SMILES string of the molecule is Cl.Nc1cccc2c1CCCN2Cc1ccc([N+](=O)[O-])c(Cl)c1. The highest BCUT2D eigenvalue weighted by Crippen LogP contribution is 2.33. The third kappa shape index (κ3) is 3.51. The van der Waals surface area contributed by atoms with Crippen molar-refractivity contribution in [2.75, 3.05) is 17.2 Å². The highest BCUT2D eigenvalue weighted by Gasteiger charge is 2.19. The zero-order chi connectivity index (χ0) is 15.7. The van der Waals surface area contributed by atoms with Crippen molar-refractivity contribution < 1.29 is 4.92 Å². The lowest BCUT2D eigenvalue weighted by molar-refractivity contribution is -0.384. The quantitative estimate of drug-likeness (QED) is 0.509. The molecule has 2 N–H and O–H groups in total. The second-order valence-electron chi connectivity index (χ2n) is 5.41. The van der Waals surface area contributed by atoms with Crippen molar-refractivity contribution in [2.45, 2.75) is 19.4 Å². The number of nitrogen functional groups attached to an aromatic ring is 1. The van der Waals surface area contributed by atoms with Crippen molar-refractivity contribution >= 4 is 41.1 Å². The number of fused-ring (bicyclic) bond motifs is 1. The maximum atomic E-state index is 10.8. The number of halogens is 2. The average molecular weight is 354 g/mol. The zero-order valence-corrected chi connectivity index (χ0v) is 13.9. The maximum Gasteiger partial charge on any atom is 0.287 e. The summed E-state index contributed by atoms with van der Waals surface area (Å²) in [4.78, 5) is 12.6. The summed E-state index contributed by atoms with van der Waals surface area (Å²) >= 11 is 5.99. The number of hydrogen-bond donors (Lipinski definition) is 1. The van der Waals surface area contributed by atoms with Gasteiger partial charge in [-0.05, 0) is 42.2 Å². The molecule has 0 saturated heterocycles. The van der Waals surface area contributed by atoms with Crippen molar-refractivity contribution in [3.05, 3.63) is 62.7 Å². The first kappa shape index (κ1) is 17.4. The first-order valence-electron chi connectivity index (χ1n) is 7.11. The smallest absolute Gasteiger partial charge is 0.287 e. The molecular formula is C16H17Cl2N3O2. The molecule has 0 radical (unpaired) electrons. The number of rotatable bonds is 3. The fourth-order valence-corrected chi connectivity index (χ4v) is 3.18. The lowest BCUT2D eigenvalue weighted by Crippen LogP contribution is -2.29. The fourth-order valence-electron chi connectivity index (χ4n) is 2.91. The summed E-state index contributed by atoms with van der Waals surface area (Å²) in [5, 5.41) is 11.0. The third-order valence-corrected chi connectivity index (χ3v) is 4.27. The van der Waals surface area contributed by atoms with E-state index in [1.54, 1.807) is 12.1 Å². The highest BCUT2D eigenvalue weighted by molar-refractivity contribution is 6.32. The van der Waals surface area contributed by atoms with Crippen LogP contribution >= 0.6 is 24.0 Å². The molecule has 0 aromatic heterocycles. The van der Waals surface area contributed by atoms with E-state index in [9.17, 15) is 10.1 Å². The van der Waals surface area contributed by atoms with Crippen LogP contribution in [0.1, 0.15) is 17.5 Å². The van der Waals surface area contributed by atoms with Gasteiger partial charge in [0.15, 0.2) is 0 Å². The summed E-state index contributed by atoms with van der Waals surface area (Å²) in [7, 11) is 0. The van der Waals surface area contributed by atoms with E-state index in [4.69, 9.17) is 17.3 Å². The van der Waals surface area contributed by atoms with Crippen LogP contribution in [0.15, 0.2) is 36.4 Å². The molecule has 7 heteroatoms. The van der Waals surface area contributed by atoms with E-state index in [-0.39, 0.29) is 23.1 Å². The van der Waals surface area contributed by atoms with Crippen LogP contribution in [0.3, 0.4) is 0 Å². The molecule has 0 bridgehead atoms. The van der Waals surface area contributed by atoms with E-state index in [2.05, 4.69) is 11.0 Å². The van der Waals surface area contributed by atoms with Gasteiger partial charge in [0.2, 0.25) is 0 Å². The molecular weight excluding hydrogens is 337 g/mol. The zero-order valence-electron chi connectivity index (χ0n) is 12.4. The number of anilines is 2. The van der Waals surface area contributed by atoms with Gasteiger partial charge in [-0.25, -0.2) is 0 Å². The van der Waals surface area contributed by atoms with Gasteiger partial charge in [0.25, 0.3) is 5.69 Å². The Balaban J connectivity index is 0.00000192. The predicted molar refractivity (Wildman–Crippen MR) is 95.6 cm³/mol. The summed E-state index contributed by atoms with van der Waals surface area (Å²) in [6.45, 7) is 1.60. The lowest BCUT2D eigenvalue weighted by Gasteiger charge is -2.32. The van der Waals surface area contributed by atoms with Crippen LogP contribution in [0.5, 0.6) is 0 Å². The van der Waals surface area contributed by atoms with Crippen molar-refractivity contribution in [2.24, 2.45) is 0 Å². The minimum absolute atomic E-state index is 0. The molecule has 0 aliphatic carbocycles. The van der Waals surface area contributed by atoms with E-state index >= 15 is 0 Å². The van der Waals surface area contributed by atoms with Gasteiger partial charge < -0.3 is 10.6 Å². The Bertz CT molecular complexity index is 737. The summed E-state index contributed by atoms with van der Waals surface area (Å²) in [5.74, 6) is 0. The summed E-state index contributed by atoms with van der Waals surface area (Å²) in [6.07, 6.45) is 2.03. The molecule has 0 spiro atoms. The van der Waals surface area contributed by atoms with E-state index in [1.165, 1.54) is 11.6 Å². The Labute approximate surface area is 145 Å². The minimum Gasteiger partial charge on any atom is -0.398 e. The monoisotopic (exact) mass is 353 g/mol. The number of nitrogens with zero attached hydrogens (tertiary/aromatic N) is 2. The van der Waals surface area contributed by atoms with Crippen LogP contribution in [-0.4, -0.2) is 11.5 Å². The Hall–Kier alpha value is -1.98. The summed E-state index contributed by atoms with van der Waals surface area (Å²) in [6, 6.07) is 10.8. The molecule has 3 rings (SSSR count). The average Bonchev–Trinajstić information content (AvgIpc) is 2.48. The molecule has 0 atom stereocenters. The van der Waals surface area contributed by atoms with Crippen molar-refractivity contribution in [3.63, 3.8) is 0 Å². The molecule has 0 unspecified atom stereocenters. The van der Waals surface area contributed by atoms with Gasteiger partial charge in [-0.15, -0.1) is 12.4 Å². The number of nitrogens with two attached hydrogens (primary N) is 1. The van der Waals surface area contributed by atoms with Crippen molar-refractivity contribution in [1.29, 1.82) is 0 Å². The number of benzene rings is 2. The second-order valence-corrected chi connectivity index (χ2v) is 5.82. The van der Waals surface area contributed by atoms with Crippen LogP contribution < -0.4 is 10.6 Å². The Morgan fingerprint density at radius 1 is 1.30 bits per heavy atom. The standard InChI is InChI=1S/C16H16ClN3O2.ClH/c17-13-9-11(6-7-16(13)20(21)22)10-19-8-2-3-12-14(18)4-1-5-15(12)19;/h1,4-7,9H,2-3,8,10,18H2;1H. The molecule has 5 nitrogen and oxygen atoms in total. The molecule has 23 heavy (non-hydrogen) atoms. The summed E-state index contributed by atoms with van der Waals surface area (Å²) in [5.41, 5.74) is 10.1. The van der Waals surface area contributed by atoms with Crippen LogP contribution in [0.4, 0.5) is 17.1 Å². The van der Waals surface area contributed by atoms with E-state index in [1.807, 2.05) is 12.1 Å². The molecule has 0 fully saturated rings. The highest BCUT2D eigenvalue weighted by atomic mass is 35.5. The van der Waals surface area contributed by atoms with Gasteiger partial charge in [0, 0.05) is 30.5 Å². The predicted octanol–water partition coefficient (Wildman–Crippen LogP) is 4.21. The minimum atomic E-state index is -0.469. The normalized spacial score (nSPS) is 13.2. The molecule has 0 saturated carbocycles. The van der Waals surface area contributed by atoms with Gasteiger partial charge in [0.05, 0.1) is 4.92 Å². The molecule has 1 aliphatic heterocycles. The maximum absolute atomic E-state index is 10.8. The van der Waals surface area contributed by atoms with Crippen LogP contribution in [-0.2, 0) is 13.0 Å². The second kappa shape index (κ2) is 7.06. The number of nitro benzene ring substituents is 1. The van der Waals surface area contributed by atoms with Crippen LogP contribution in [0, 0.1) is 10.1 Å². The molecule has 1 heterocycles. The number of nitro groups is 1. The summed E-state index contributed by atoms with van der Waals surface area (Å²) < 4.78 is 0. The first-order valence-corrected chi connectivity index (χ1v) is 7.49. The van der Waals surface area contributed by atoms with Crippen LogP contribution in [0.2, 0.25) is 5.02 Å². The fraction of sp³-hybridized carbons (Fsp3) is 0.250. The van der Waals surface area contributed by atoms with Gasteiger partial charge in [-0.1, -0.05) is 23.7 Å². The first-order chi connectivity index (χ1) is 10.6. The van der Waals surface area contributed by atoms with Gasteiger partial charge >= 0.3 is 0 Å². The molecule has 122 valence electrons. The van der Waals surface area contributed by atoms with E-state index in [0.717, 1.165) is 36.3 Å².